The summed E-state index contributed by atoms with van der Waals surface area (Å²) >= 11 is 0. The first-order valence-corrected chi connectivity index (χ1v) is 7.33. The summed E-state index contributed by atoms with van der Waals surface area (Å²) in [6.45, 7) is 5.75. The number of carboxylic acids is 1. The van der Waals surface area contributed by atoms with Crippen LogP contribution in [0.5, 0.6) is 5.75 Å². The molecule has 7 heteroatoms. The van der Waals surface area contributed by atoms with E-state index >= 15 is 0 Å². The zero-order chi connectivity index (χ0) is 17.6. The van der Waals surface area contributed by atoms with E-state index in [4.69, 9.17) is 9.84 Å². The molecule has 0 aromatic heterocycles. The fourth-order valence-corrected chi connectivity index (χ4v) is 2.02. The van der Waals surface area contributed by atoms with Crippen LogP contribution < -0.4 is 4.74 Å². The number of carboxylic acid groups (broad SMARTS) is 1. The van der Waals surface area contributed by atoms with Crippen molar-refractivity contribution in [3.05, 3.63) is 29.8 Å². The van der Waals surface area contributed by atoms with E-state index in [-0.39, 0.29) is 24.6 Å². The van der Waals surface area contributed by atoms with Gasteiger partial charge in [0, 0.05) is 19.2 Å². The number of carbonyl (C=O) groups excluding carboxylic acids is 1. The smallest absolute Gasteiger partial charge is 0.305 e. The molecule has 5 nitrogen and oxygen atoms in total. The topological polar surface area (TPSA) is 66.8 Å². The number of rotatable bonds is 8. The molecule has 0 saturated heterocycles. The van der Waals surface area contributed by atoms with Crippen LogP contribution in [0.1, 0.15) is 27.2 Å². The van der Waals surface area contributed by atoms with Gasteiger partial charge in [-0.25, -0.2) is 8.78 Å². The molecule has 1 unspecified atom stereocenters. The number of carbonyl (C=O) groups is 2. The minimum Gasteiger partial charge on any atom is -0.481 e. The van der Waals surface area contributed by atoms with Crippen LogP contribution in [0.4, 0.5) is 8.78 Å². The van der Waals surface area contributed by atoms with E-state index in [0.29, 0.717) is 6.54 Å². The molecule has 0 saturated carbocycles. The Balaban J connectivity index is 2.76. The van der Waals surface area contributed by atoms with Crippen LogP contribution >= 0.6 is 0 Å². The lowest BCUT2D eigenvalue weighted by Crippen LogP contribution is -2.43. The van der Waals surface area contributed by atoms with Crippen molar-refractivity contribution in [3.63, 3.8) is 0 Å². The second-order valence-electron chi connectivity index (χ2n) is 5.66. The van der Waals surface area contributed by atoms with E-state index in [1.54, 1.807) is 0 Å². The maximum atomic E-state index is 13.2. The van der Waals surface area contributed by atoms with Gasteiger partial charge in [0.25, 0.3) is 5.91 Å². The van der Waals surface area contributed by atoms with Crippen molar-refractivity contribution < 1.29 is 28.2 Å². The molecule has 0 heterocycles. The fourth-order valence-electron chi connectivity index (χ4n) is 2.02. The van der Waals surface area contributed by atoms with Gasteiger partial charge in [0.15, 0.2) is 17.7 Å². The lowest BCUT2D eigenvalue weighted by Gasteiger charge is -2.27. The second kappa shape index (κ2) is 8.45. The molecule has 1 amide bonds. The number of ether oxygens (including phenoxy) is 1. The van der Waals surface area contributed by atoms with Crippen LogP contribution in [0.2, 0.25) is 0 Å². The molecule has 0 aliphatic rings. The molecule has 0 fully saturated rings. The third-order valence-corrected chi connectivity index (χ3v) is 3.04. The summed E-state index contributed by atoms with van der Waals surface area (Å²) < 4.78 is 31.4. The maximum absolute atomic E-state index is 13.2. The Morgan fingerprint density at radius 1 is 1.22 bits per heavy atom. The van der Waals surface area contributed by atoms with Gasteiger partial charge in [-0.1, -0.05) is 13.8 Å². The number of halogens is 2. The number of hydrogen-bond donors (Lipinski definition) is 1. The highest BCUT2D eigenvalue weighted by molar-refractivity contribution is 5.81. The molecule has 0 aliphatic heterocycles. The molecule has 1 rings (SSSR count). The Kier molecular flexibility index (Phi) is 6.93. The van der Waals surface area contributed by atoms with E-state index in [2.05, 4.69) is 0 Å². The normalized spacial score (nSPS) is 12.1. The second-order valence-corrected chi connectivity index (χ2v) is 5.66. The minimum absolute atomic E-state index is 0.0347. The van der Waals surface area contributed by atoms with Gasteiger partial charge in [-0.2, -0.15) is 0 Å². The molecular weight excluding hydrogens is 308 g/mol. The van der Waals surface area contributed by atoms with E-state index in [0.717, 1.165) is 12.1 Å². The average molecular weight is 329 g/mol. The van der Waals surface area contributed by atoms with Gasteiger partial charge in [-0.05, 0) is 25.0 Å². The van der Waals surface area contributed by atoms with Gasteiger partial charge in [0.05, 0.1) is 6.42 Å². The van der Waals surface area contributed by atoms with Crippen molar-refractivity contribution in [2.45, 2.75) is 33.3 Å². The average Bonchev–Trinajstić information content (AvgIpc) is 2.46. The zero-order valence-electron chi connectivity index (χ0n) is 13.4. The Bertz CT molecular complexity index is 563. The predicted octanol–water partition coefficient (Wildman–Crippen LogP) is 2.69. The highest BCUT2D eigenvalue weighted by Gasteiger charge is 2.23. The summed E-state index contributed by atoms with van der Waals surface area (Å²) in [7, 11) is 0. The molecule has 1 aromatic rings. The number of aliphatic carboxylic acids is 1. The molecular formula is C16H21F2NO4. The van der Waals surface area contributed by atoms with Crippen molar-refractivity contribution in [2.75, 3.05) is 13.1 Å². The molecule has 0 aliphatic carbocycles. The standard InChI is InChI=1S/C16H21F2NO4/c1-10(2)9-19(7-6-15(20)21)16(22)11(3)23-12-4-5-13(17)14(18)8-12/h4-5,8,10-11H,6-7,9H2,1-3H3,(H,20,21). The van der Waals surface area contributed by atoms with Gasteiger partial charge < -0.3 is 14.7 Å². The van der Waals surface area contributed by atoms with Crippen molar-refractivity contribution >= 4 is 11.9 Å². The Hall–Kier alpha value is -2.18. The fraction of sp³-hybridized carbons (Fsp3) is 0.500. The van der Waals surface area contributed by atoms with Crippen molar-refractivity contribution in [2.24, 2.45) is 5.92 Å². The van der Waals surface area contributed by atoms with E-state index in [9.17, 15) is 18.4 Å². The predicted molar refractivity (Wildman–Crippen MR) is 80.1 cm³/mol. The number of hydrogen-bond acceptors (Lipinski definition) is 3. The largest absolute Gasteiger partial charge is 0.481 e. The summed E-state index contributed by atoms with van der Waals surface area (Å²) in [5.74, 6) is -3.27. The van der Waals surface area contributed by atoms with Crippen LogP contribution in [0.15, 0.2) is 18.2 Å². The van der Waals surface area contributed by atoms with Crippen LogP contribution in [0.25, 0.3) is 0 Å². The Morgan fingerprint density at radius 2 is 1.87 bits per heavy atom. The first-order chi connectivity index (χ1) is 10.7. The molecule has 128 valence electrons. The first kappa shape index (κ1) is 18.9. The summed E-state index contributed by atoms with van der Waals surface area (Å²) in [6.07, 6.45) is -1.11. The van der Waals surface area contributed by atoms with Gasteiger partial charge >= 0.3 is 5.97 Å². The van der Waals surface area contributed by atoms with Crippen LogP contribution in [0, 0.1) is 17.6 Å². The maximum Gasteiger partial charge on any atom is 0.305 e. The van der Waals surface area contributed by atoms with E-state index < -0.39 is 29.6 Å². The van der Waals surface area contributed by atoms with E-state index in [1.165, 1.54) is 17.9 Å². The monoisotopic (exact) mass is 329 g/mol. The Morgan fingerprint density at radius 3 is 2.39 bits per heavy atom. The van der Waals surface area contributed by atoms with Crippen molar-refractivity contribution in [1.29, 1.82) is 0 Å². The lowest BCUT2D eigenvalue weighted by atomic mass is 10.2. The number of amides is 1. The Labute approximate surface area is 133 Å². The van der Waals surface area contributed by atoms with Gasteiger partial charge in [0.1, 0.15) is 5.75 Å². The third-order valence-electron chi connectivity index (χ3n) is 3.04. The molecule has 1 aromatic carbocycles. The molecule has 0 bridgehead atoms. The highest BCUT2D eigenvalue weighted by atomic mass is 19.2. The lowest BCUT2D eigenvalue weighted by molar-refractivity contribution is -0.141. The van der Waals surface area contributed by atoms with Crippen molar-refractivity contribution in [1.82, 2.24) is 4.90 Å². The SMILES string of the molecule is CC(C)CN(CCC(=O)O)C(=O)C(C)Oc1ccc(F)c(F)c1. The van der Waals surface area contributed by atoms with Gasteiger partial charge in [0.2, 0.25) is 0 Å². The van der Waals surface area contributed by atoms with Crippen molar-refractivity contribution in [3.8, 4) is 5.75 Å². The molecule has 1 atom stereocenters. The highest BCUT2D eigenvalue weighted by Crippen LogP contribution is 2.17. The summed E-state index contributed by atoms with van der Waals surface area (Å²) in [6, 6.07) is 3.01. The molecule has 23 heavy (non-hydrogen) atoms. The molecule has 1 N–H and O–H groups in total. The quantitative estimate of drug-likeness (QED) is 0.796. The molecule has 0 radical (unpaired) electrons. The summed E-state index contributed by atoms with van der Waals surface area (Å²) in [5, 5.41) is 8.76. The van der Waals surface area contributed by atoms with Crippen LogP contribution in [-0.4, -0.2) is 41.1 Å². The first-order valence-electron chi connectivity index (χ1n) is 7.33. The molecule has 0 spiro atoms. The van der Waals surface area contributed by atoms with Crippen LogP contribution in [-0.2, 0) is 9.59 Å². The summed E-state index contributed by atoms with van der Waals surface area (Å²) in [5.41, 5.74) is 0. The van der Waals surface area contributed by atoms with Gasteiger partial charge in [-0.15, -0.1) is 0 Å². The number of nitrogens with zero attached hydrogens (tertiary/aromatic N) is 1. The van der Waals surface area contributed by atoms with Gasteiger partial charge in [-0.3, -0.25) is 9.59 Å². The number of benzene rings is 1. The third kappa shape index (κ3) is 6.22. The zero-order valence-corrected chi connectivity index (χ0v) is 13.4. The summed E-state index contributed by atoms with van der Waals surface area (Å²) in [4.78, 5) is 24.5. The van der Waals surface area contributed by atoms with E-state index in [1.807, 2.05) is 13.8 Å². The van der Waals surface area contributed by atoms with Crippen LogP contribution in [0.3, 0.4) is 0 Å². The minimum atomic E-state index is -1.06.